The third-order valence-electron chi connectivity index (χ3n) is 6.22. The van der Waals surface area contributed by atoms with Gasteiger partial charge in [-0.1, -0.05) is 23.2 Å². The molecule has 0 saturated carbocycles. The van der Waals surface area contributed by atoms with Crippen LogP contribution < -0.4 is 5.32 Å². The van der Waals surface area contributed by atoms with Crippen LogP contribution in [0.5, 0.6) is 0 Å². The number of fused-ring (bicyclic) bond motifs is 1. The van der Waals surface area contributed by atoms with Crippen molar-refractivity contribution in [2.24, 2.45) is 5.92 Å². The lowest BCUT2D eigenvalue weighted by atomic mass is 9.99. The number of hydrogen-bond acceptors (Lipinski definition) is 4. The summed E-state index contributed by atoms with van der Waals surface area (Å²) in [5.74, 6) is 0.747. The Bertz CT molecular complexity index is 1010. The van der Waals surface area contributed by atoms with Gasteiger partial charge >= 0.3 is 6.18 Å². The van der Waals surface area contributed by atoms with Gasteiger partial charge in [-0.15, -0.1) is 0 Å². The zero-order valence-electron chi connectivity index (χ0n) is 18.0. The van der Waals surface area contributed by atoms with Gasteiger partial charge in [0.25, 0.3) is 0 Å². The fourth-order valence-corrected chi connectivity index (χ4v) is 6.31. The predicted octanol–water partition coefficient (Wildman–Crippen LogP) is 6.17. The highest BCUT2D eigenvalue weighted by Crippen LogP contribution is 2.38. The van der Waals surface area contributed by atoms with E-state index >= 15 is 0 Å². The summed E-state index contributed by atoms with van der Waals surface area (Å²) in [6.45, 7) is 0. The second-order valence-corrected chi connectivity index (χ2v) is 10.6. The fourth-order valence-electron chi connectivity index (χ4n) is 4.59. The second kappa shape index (κ2) is 9.92. The van der Waals surface area contributed by atoms with Gasteiger partial charge in [-0.05, 0) is 72.6 Å². The van der Waals surface area contributed by atoms with E-state index in [9.17, 15) is 18.0 Å². The lowest BCUT2D eigenvalue weighted by Gasteiger charge is -2.33. The number of nitrogens with zero attached hydrogens (tertiary/aromatic N) is 2. The van der Waals surface area contributed by atoms with Crippen molar-refractivity contribution < 1.29 is 18.0 Å². The molecule has 1 saturated heterocycles. The number of carbonyl (C=O) groups excluding carboxylic acids is 1. The minimum Gasteiger partial charge on any atom is -0.380 e. The number of pyridine rings is 1. The molecule has 2 atom stereocenters. The highest BCUT2D eigenvalue weighted by molar-refractivity contribution is 7.99. The number of aromatic nitrogens is 1. The van der Waals surface area contributed by atoms with Crippen LogP contribution in [0.25, 0.3) is 0 Å². The second-order valence-electron chi connectivity index (χ2n) is 8.53. The number of nitrogens with one attached hydrogen (secondary N) is 1. The SMILES string of the molecule is CN(C(=O)C1CCSCC1)C(c1ccc(NC2Cc3cc(Cl)cc(Cl)c3C2)cn1)C(F)(F)F. The third kappa shape index (κ3) is 5.54. The molecule has 1 N–H and O–H groups in total. The molecule has 4 rings (SSSR count). The monoisotopic (exact) mass is 517 g/mol. The van der Waals surface area contributed by atoms with Crippen molar-refractivity contribution in [1.29, 1.82) is 0 Å². The fraction of sp³-hybridized carbons (Fsp3) is 0.478. The van der Waals surface area contributed by atoms with Crippen LogP contribution in [0.4, 0.5) is 18.9 Å². The Morgan fingerprint density at radius 2 is 1.94 bits per heavy atom. The number of anilines is 1. The number of benzene rings is 1. The van der Waals surface area contributed by atoms with Gasteiger partial charge in [-0.2, -0.15) is 24.9 Å². The largest absolute Gasteiger partial charge is 0.414 e. The summed E-state index contributed by atoms with van der Waals surface area (Å²) in [6.07, 6.45) is -0.629. The molecule has 2 aromatic rings. The first-order chi connectivity index (χ1) is 15.6. The maximum absolute atomic E-state index is 14.0. The molecule has 2 aliphatic rings. The summed E-state index contributed by atoms with van der Waals surface area (Å²) in [5.41, 5.74) is 2.51. The molecule has 1 amide bonds. The molecule has 33 heavy (non-hydrogen) atoms. The Labute approximate surface area is 205 Å². The van der Waals surface area contributed by atoms with Crippen molar-refractivity contribution in [3.05, 3.63) is 57.3 Å². The van der Waals surface area contributed by atoms with Gasteiger partial charge in [-0.3, -0.25) is 9.78 Å². The zero-order chi connectivity index (χ0) is 23.8. The lowest BCUT2D eigenvalue weighted by Crippen LogP contribution is -2.43. The van der Waals surface area contributed by atoms with E-state index in [2.05, 4.69) is 10.3 Å². The Morgan fingerprint density at radius 1 is 1.21 bits per heavy atom. The summed E-state index contributed by atoms with van der Waals surface area (Å²) in [5, 5.41) is 4.51. The number of hydrogen-bond donors (Lipinski definition) is 1. The van der Waals surface area contributed by atoms with E-state index in [1.165, 1.54) is 19.3 Å². The highest BCUT2D eigenvalue weighted by Gasteiger charge is 2.47. The molecule has 1 aromatic carbocycles. The van der Waals surface area contributed by atoms with Gasteiger partial charge in [0.2, 0.25) is 5.91 Å². The topological polar surface area (TPSA) is 45.2 Å². The molecule has 1 aromatic heterocycles. The first kappa shape index (κ1) is 24.5. The highest BCUT2D eigenvalue weighted by atomic mass is 35.5. The summed E-state index contributed by atoms with van der Waals surface area (Å²) < 4.78 is 41.9. The molecule has 178 valence electrons. The minimum absolute atomic E-state index is 0.0375. The molecule has 0 spiro atoms. The third-order valence-corrected chi connectivity index (χ3v) is 7.83. The first-order valence-corrected chi connectivity index (χ1v) is 12.6. The van der Waals surface area contributed by atoms with Crippen LogP contribution in [-0.4, -0.2) is 46.6 Å². The van der Waals surface area contributed by atoms with Gasteiger partial charge in [-0.25, -0.2) is 0 Å². The molecule has 4 nitrogen and oxygen atoms in total. The van der Waals surface area contributed by atoms with E-state index in [1.54, 1.807) is 23.9 Å². The molecule has 1 fully saturated rings. The van der Waals surface area contributed by atoms with Crippen molar-refractivity contribution in [3.8, 4) is 0 Å². The molecule has 10 heteroatoms. The van der Waals surface area contributed by atoms with Crippen LogP contribution in [0.15, 0.2) is 30.5 Å². The Morgan fingerprint density at radius 3 is 2.58 bits per heavy atom. The predicted molar refractivity (Wildman–Crippen MR) is 127 cm³/mol. The summed E-state index contributed by atoms with van der Waals surface area (Å²) in [6, 6.07) is 4.47. The average Bonchev–Trinajstić information content (AvgIpc) is 3.17. The van der Waals surface area contributed by atoms with E-state index in [-0.39, 0.29) is 17.7 Å². The lowest BCUT2D eigenvalue weighted by molar-refractivity contribution is -0.191. The summed E-state index contributed by atoms with van der Waals surface area (Å²) >= 11 is 14.1. The van der Waals surface area contributed by atoms with E-state index in [4.69, 9.17) is 23.2 Å². The molecular formula is C23H24Cl2F3N3OS. The summed E-state index contributed by atoms with van der Waals surface area (Å²) in [7, 11) is 1.22. The minimum atomic E-state index is -4.63. The average molecular weight is 518 g/mol. The maximum Gasteiger partial charge on any atom is 0.414 e. The maximum atomic E-state index is 14.0. The van der Waals surface area contributed by atoms with Crippen molar-refractivity contribution in [3.63, 3.8) is 0 Å². The normalized spacial score (nSPS) is 19.8. The first-order valence-electron chi connectivity index (χ1n) is 10.7. The Hall–Kier alpha value is -1.64. The van der Waals surface area contributed by atoms with Gasteiger partial charge in [0.05, 0.1) is 17.6 Å². The van der Waals surface area contributed by atoms with Crippen molar-refractivity contribution in [2.45, 2.75) is 43.9 Å². The quantitative estimate of drug-likeness (QED) is 0.514. The molecule has 2 heterocycles. The number of halogens is 5. The number of carbonyl (C=O) groups is 1. The standard InChI is InChI=1S/C23H24Cl2F3N3OS/c1-31(22(32)13-4-6-33-7-5-13)21(23(26,27)28)20-3-2-16(12-29-20)30-17-9-14-8-15(24)10-19(25)18(14)11-17/h2-3,8,10,12-13,17,21,30H,4-7,9,11H2,1H3. The Kier molecular flexibility index (Phi) is 7.36. The van der Waals surface area contributed by atoms with Crippen molar-refractivity contribution >= 4 is 46.6 Å². The van der Waals surface area contributed by atoms with Crippen molar-refractivity contribution in [1.82, 2.24) is 9.88 Å². The molecule has 1 aliphatic carbocycles. The molecule has 1 aliphatic heterocycles. The molecule has 0 bridgehead atoms. The van der Waals surface area contributed by atoms with Crippen LogP contribution in [0.1, 0.15) is 35.7 Å². The molecule has 0 radical (unpaired) electrons. The van der Waals surface area contributed by atoms with Gasteiger partial charge in [0.1, 0.15) is 0 Å². The van der Waals surface area contributed by atoms with Crippen LogP contribution in [0.3, 0.4) is 0 Å². The number of thioether (sulfide) groups is 1. The van der Waals surface area contributed by atoms with E-state index in [1.807, 2.05) is 6.07 Å². The number of amides is 1. The molecular weight excluding hydrogens is 494 g/mol. The van der Waals surface area contributed by atoms with Gasteiger partial charge in [0.15, 0.2) is 6.04 Å². The van der Waals surface area contributed by atoms with E-state index in [0.717, 1.165) is 27.5 Å². The summed E-state index contributed by atoms with van der Waals surface area (Å²) in [4.78, 5) is 17.7. The molecule has 2 unspecified atom stereocenters. The van der Waals surface area contributed by atoms with Crippen LogP contribution in [-0.2, 0) is 17.6 Å². The van der Waals surface area contributed by atoms with E-state index < -0.39 is 18.1 Å². The van der Waals surface area contributed by atoms with Gasteiger partial charge < -0.3 is 10.2 Å². The number of rotatable bonds is 5. The van der Waals surface area contributed by atoms with E-state index in [0.29, 0.717) is 41.4 Å². The smallest absolute Gasteiger partial charge is 0.380 e. The van der Waals surface area contributed by atoms with Crippen molar-refractivity contribution in [2.75, 3.05) is 23.9 Å². The van der Waals surface area contributed by atoms with Crippen LogP contribution in [0, 0.1) is 5.92 Å². The van der Waals surface area contributed by atoms with Crippen LogP contribution >= 0.6 is 35.0 Å². The number of alkyl halides is 3. The Balaban J connectivity index is 1.47. The zero-order valence-corrected chi connectivity index (χ0v) is 20.3. The van der Waals surface area contributed by atoms with Gasteiger partial charge in [0, 0.05) is 29.1 Å². The van der Waals surface area contributed by atoms with Crippen LogP contribution in [0.2, 0.25) is 10.0 Å².